The highest BCUT2D eigenvalue weighted by Crippen LogP contribution is 2.20. The molecule has 3 aromatic rings. The van der Waals surface area contributed by atoms with Crippen LogP contribution in [0.2, 0.25) is 0 Å². The Bertz CT molecular complexity index is 889. The summed E-state index contributed by atoms with van der Waals surface area (Å²) in [6.45, 7) is 3.49. The van der Waals surface area contributed by atoms with Crippen LogP contribution in [0.25, 0.3) is 11.0 Å². The van der Waals surface area contributed by atoms with Crippen LogP contribution in [0.4, 0.5) is 0 Å². The van der Waals surface area contributed by atoms with Gasteiger partial charge in [-0.3, -0.25) is 9.59 Å². The van der Waals surface area contributed by atoms with Crippen molar-refractivity contribution in [3.05, 3.63) is 81.2 Å². The molecule has 0 fully saturated rings. The lowest BCUT2D eigenvalue weighted by atomic mass is 10.0. The molecule has 3 nitrogen and oxygen atoms in total. The quantitative estimate of drug-likeness (QED) is 0.672. The maximum absolute atomic E-state index is 12.5. The van der Waals surface area contributed by atoms with Gasteiger partial charge in [0.2, 0.25) is 5.78 Å². The Morgan fingerprint density at radius 1 is 0.952 bits per heavy atom. The van der Waals surface area contributed by atoms with E-state index in [1.807, 2.05) is 25.1 Å². The van der Waals surface area contributed by atoms with E-state index >= 15 is 0 Å². The summed E-state index contributed by atoms with van der Waals surface area (Å²) in [6, 6.07) is 14.2. The summed E-state index contributed by atoms with van der Waals surface area (Å²) in [6.07, 6.45) is 0. The highest BCUT2D eigenvalue weighted by molar-refractivity contribution is 6.08. The van der Waals surface area contributed by atoms with Crippen LogP contribution in [-0.4, -0.2) is 5.78 Å². The molecule has 2 aromatic carbocycles. The third kappa shape index (κ3) is 2.17. The van der Waals surface area contributed by atoms with E-state index in [2.05, 4.69) is 0 Å². The van der Waals surface area contributed by atoms with Crippen LogP contribution in [0.3, 0.4) is 0 Å². The summed E-state index contributed by atoms with van der Waals surface area (Å²) >= 11 is 0. The molecular weight excluding hydrogens is 264 g/mol. The van der Waals surface area contributed by atoms with Crippen molar-refractivity contribution in [3.8, 4) is 0 Å². The predicted octanol–water partition coefficient (Wildman–Crippen LogP) is 3.64. The molecule has 0 saturated carbocycles. The van der Waals surface area contributed by atoms with Crippen molar-refractivity contribution in [1.82, 2.24) is 0 Å². The molecule has 1 aromatic heterocycles. The molecule has 0 unspecified atom stereocenters. The molecule has 0 aliphatic rings. The summed E-state index contributed by atoms with van der Waals surface area (Å²) in [4.78, 5) is 25.0. The third-order valence-corrected chi connectivity index (χ3v) is 3.60. The molecule has 0 saturated heterocycles. The lowest BCUT2D eigenvalue weighted by Gasteiger charge is -2.07. The van der Waals surface area contributed by atoms with Crippen LogP contribution >= 0.6 is 0 Å². The minimum atomic E-state index is -0.270. The van der Waals surface area contributed by atoms with Crippen molar-refractivity contribution in [1.29, 1.82) is 0 Å². The zero-order valence-corrected chi connectivity index (χ0v) is 11.8. The Morgan fingerprint density at radius 3 is 2.38 bits per heavy atom. The fourth-order valence-corrected chi connectivity index (χ4v) is 2.43. The van der Waals surface area contributed by atoms with Crippen LogP contribution in [0.1, 0.15) is 27.2 Å². The van der Waals surface area contributed by atoms with E-state index in [4.69, 9.17) is 4.42 Å². The van der Waals surface area contributed by atoms with Crippen molar-refractivity contribution in [3.63, 3.8) is 0 Å². The maximum Gasteiger partial charge on any atom is 0.228 e. The second kappa shape index (κ2) is 5.02. The molecule has 21 heavy (non-hydrogen) atoms. The molecular formula is C18H14O3. The number of ketones is 1. The van der Waals surface area contributed by atoms with Gasteiger partial charge in [0.15, 0.2) is 11.2 Å². The van der Waals surface area contributed by atoms with Crippen LogP contribution in [-0.2, 0) is 0 Å². The summed E-state index contributed by atoms with van der Waals surface area (Å²) < 4.78 is 5.72. The number of fused-ring (bicyclic) bond motifs is 1. The first-order valence-electron chi connectivity index (χ1n) is 6.72. The molecule has 0 spiro atoms. The van der Waals surface area contributed by atoms with Gasteiger partial charge in [-0.2, -0.15) is 0 Å². The Labute approximate surface area is 121 Å². The zero-order chi connectivity index (χ0) is 15.0. The largest absolute Gasteiger partial charge is 0.452 e. The SMILES string of the molecule is Cc1c(C(=O)c2ccccc2)oc2cccc(C)c2c1=O. The molecule has 104 valence electrons. The van der Waals surface area contributed by atoms with Gasteiger partial charge in [0, 0.05) is 11.1 Å². The number of hydrogen-bond donors (Lipinski definition) is 0. The molecule has 3 rings (SSSR count). The number of carbonyl (C=O) groups excluding carboxylic acids is 1. The van der Waals surface area contributed by atoms with Crippen molar-refractivity contribution in [2.75, 3.05) is 0 Å². The van der Waals surface area contributed by atoms with Gasteiger partial charge in [-0.15, -0.1) is 0 Å². The molecule has 0 atom stereocenters. The fourth-order valence-electron chi connectivity index (χ4n) is 2.43. The Balaban J connectivity index is 2.28. The zero-order valence-electron chi connectivity index (χ0n) is 11.8. The van der Waals surface area contributed by atoms with E-state index in [0.717, 1.165) is 5.56 Å². The molecule has 0 amide bonds. The Hall–Kier alpha value is -2.68. The van der Waals surface area contributed by atoms with E-state index < -0.39 is 0 Å². The van der Waals surface area contributed by atoms with Crippen molar-refractivity contribution < 1.29 is 9.21 Å². The average Bonchev–Trinajstić information content (AvgIpc) is 2.51. The van der Waals surface area contributed by atoms with E-state index in [1.165, 1.54) is 0 Å². The van der Waals surface area contributed by atoms with Gasteiger partial charge in [0.1, 0.15) is 5.58 Å². The Kier molecular flexibility index (Phi) is 3.18. The molecule has 0 bridgehead atoms. The van der Waals surface area contributed by atoms with Gasteiger partial charge in [-0.05, 0) is 25.5 Å². The van der Waals surface area contributed by atoms with E-state index in [-0.39, 0.29) is 17.0 Å². The second-order valence-electron chi connectivity index (χ2n) is 5.03. The number of aryl methyl sites for hydroxylation is 1. The Morgan fingerprint density at radius 2 is 1.67 bits per heavy atom. The lowest BCUT2D eigenvalue weighted by Crippen LogP contribution is -2.14. The second-order valence-corrected chi connectivity index (χ2v) is 5.03. The minimum absolute atomic E-state index is 0.115. The normalized spacial score (nSPS) is 10.8. The monoisotopic (exact) mass is 278 g/mol. The highest BCUT2D eigenvalue weighted by Gasteiger charge is 2.19. The van der Waals surface area contributed by atoms with Gasteiger partial charge in [-0.25, -0.2) is 0 Å². The van der Waals surface area contributed by atoms with Crippen LogP contribution < -0.4 is 5.43 Å². The van der Waals surface area contributed by atoms with Crippen molar-refractivity contribution in [2.45, 2.75) is 13.8 Å². The molecule has 0 radical (unpaired) electrons. The average molecular weight is 278 g/mol. The van der Waals surface area contributed by atoms with Crippen LogP contribution in [0.5, 0.6) is 0 Å². The van der Waals surface area contributed by atoms with Gasteiger partial charge < -0.3 is 4.42 Å². The smallest absolute Gasteiger partial charge is 0.228 e. The molecule has 0 N–H and O–H groups in total. The standard InChI is InChI=1S/C18H14O3/c1-11-7-6-10-14-15(11)16(19)12(2)18(21-14)17(20)13-8-4-3-5-9-13/h3-10H,1-2H3. The number of carbonyl (C=O) groups is 1. The highest BCUT2D eigenvalue weighted by atomic mass is 16.3. The van der Waals surface area contributed by atoms with Crippen LogP contribution in [0.15, 0.2) is 57.7 Å². The predicted molar refractivity (Wildman–Crippen MR) is 81.8 cm³/mol. The topological polar surface area (TPSA) is 47.3 Å². The van der Waals surface area contributed by atoms with Gasteiger partial charge in [0.05, 0.1) is 5.39 Å². The molecule has 1 heterocycles. The fraction of sp³-hybridized carbons (Fsp3) is 0.111. The van der Waals surface area contributed by atoms with E-state index in [1.54, 1.807) is 37.3 Å². The van der Waals surface area contributed by atoms with Crippen LogP contribution in [0, 0.1) is 13.8 Å². The lowest BCUT2D eigenvalue weighted by molar-refractivity contribution is 0.101. The maximum atomic E-state index is 12.5. The number of hydrogen-bond acceptors (Lipinski definition) is 3. The molecule has 0 aliphatic carbocycles. The van der Waals surface area contributed by atoms with Crippen molar-refractivity contribution in [2.24, 2.45) is 0 Å². The van der Waals surface area contributed by atoms with Gasteiger partial charge >= 0.3 is 0 Å². The van der Waals surface area contributed by atoms with Gasteiger partial charge in [0.25, 0.3) is 0 Å². The first kappa shape index (κ1) is 13.3. The van der Waals surface area contributed by atoms with E-state index in [9.17, 15) is 9.59 Å². The molecule has 0 aliphatic heterocycles. The van der Waals surface area contributed by atoms with Crippen molar-refractivity contribution >= 4 is 16.8 Å². The van der Waals surface area contributed by atoms with Gasteiger partial charge in [-0.1, -0.05) is 42.5 Å². The summed E-state index contributed by atoms with van der Waals surface area (Å²) in [5.74, 6) is -0.155. The number of benzene rings is 2. The third-order valence-electron chi connectivity index (χ3n) is 3.60. The first-order valence-corrected chi connectivity index (χ1v) is 6.72. The summed E-state index contributed by atoms with van der Waals surface area (Å²) in [7, 11) is 0. The first-order chi connectivity index (χ1) is 10.1. The van der Waals surface area contributed by atoms with E-state index in [0.29, 0.717) is 22.1 Å². The summed E-state index contributed by atoms with van der Waals surface area (Å²) in [5.41, 5.74) is 2.02. The molecule has 3 heteroatoms. The summed E-state index contributed by atoms with van der Waals surface area (Å²) in [5, 5.41) is 0.541. The minimum Gasteiger partial charge on any atom is -0.452 e. The number of rotatable bonds is 2.